The molecule has 0 aliphatic heterocycles. The summed E-state index contributed by atoms with van der Waals surface area (Å²) in [6.45, 7) is 4.13. The smallest absolute Gasteiger partial charge is 0.176 e. The fraction of sp³-hybridized carbons (Fsp3) is 0.286. The predicted octanol–water partition coefficient (Wildman–Crippen LogP) is 1.12. The van der Waals surface area contributed by atoms with Crippen LogP contribution < -0.4 is 4.98 Å². The number of aromatic nitrogens is 1. The van der Waals surface area contributed by atoms with Crippen LogP contribution in [0.15, 0.2) is 18.3 Å². The van der Waals surface area contributed by atoms with Gasteiger partial charge >= 0.3 is 0 Å². The van der Waals surface area contributed by atoms with E-state index in [4.69, 9.17) is 0 Å². The molecule has 1 aromatic heterocycles. The van der Waals surface area contributed by atoms with E-state index in [2.05, 4.69) is 18.0 Å². The van der Waals surface area contributed by atoms with Gasteiger partial charge in [-0.05, 0) is 12.5 Å². The predicted molar refractivity (Wildman–Crippen MR) is 32.5 cm³/mol. The van der Waals surface area contributed by atoms with Crippen molar-refractivity contribution in [3.63, 3.8) is 0 Å². The molecule has 42 valence electrons. The van der Waals surface area contributed by atoms with Crippen molar-refractivity contribution in [2.45, 2.75) is 13.8 Å². The van der Waals surface area contributed by atoms with Crippen molar-refractivity contribution in [3.8, 4) is 0 Å². The summed E-state index contributed by atoms with van der Waals surface area (Å²) in [7, 11) is 0. The molecule has 0 aliphatic rings. The average molecular weight is 108 g/mol. The molecule has 0 bridgehead atoms. The largest absolute Gasteiger partial charge is 0.215 e. The molecule has 0 aliphatic carbocycles. The molecule has 1 nitrogen and oxygen atoms in total. The number of aryl methyl sites for hydroxylation is 2. The van der Waals surface area contributed by atoms with Crippen LogP contribution >= 0.6 is 0 Å². The van der Waals surface area contributed by atoms with Crippen LogP contribution in [0.1, 0.15) is 11.3 Å². The standard InChI is InChI=1S/C7H9N/c1-6-3-4-8-7(2)5-6/h3-5H,1-2H3/p+1. The lowest BCUT2D eigenvalue weighted by Crippen LogP contribution is -2.04. The lowest BCUT2D eigenvalue weighted by Gasteiger charge is -1.84. The van der Waals surface area contributed by atoms with Gasteiger partial charge in [-0.3, -0.25) is 0 Å². The summed E-state index contributed by atoms with van der Waals surface area (Å²) in [5, 5.41) is 0. The maximum absolute atomic E-state index is 3.07. The van der Waals surface area contributed by atoms with Crippen molar-refractivity contribution in [2.75, 3.05) is 0 Å². The van der Waals surface area contributed by atoms with Gasteiger partial charge in [0.25, 0.3) is 0 Å². The summed E-state index contributed by atoms with van der Waals surface area (Å²) >= 11 is 0. The van der Waals surface area contributed by atoms with Crippen LogP contribution in [0.2, 0.25) is 0 Å². The zero-order chi connectivity index (χ0) is 5.98. The lowest BCUT2D eigenvalue weighted by atomic mass is 10.3. The number of pyridine rings is 1. The van der Waals surface area contributed by atoms with E-state index in [1.54, 1.807) is 0 Å². The molecule has 1 aromatic rings. The molecule has 0 spiro atoms. The number of H-pyrrole nitrogens is 1. The van der Waals surface area contributed by atoms with Crippen LogP contribution in [0.25, 0.3) is 0 Å². The van der Waals surface area contributed by atoms with E-state index in [0.29, 0.717) is 0 Å². The van der Waals surface area contributed by atoms with Crippen LogP contribution in [0.3, 0.4) is 0 Å². The fourth-order valence-corrected chi connectivity index (χ4v) is 0.736. The third-order valence-corrected chi connectivity index (χ3v) is 1.10. The second kappa shape index (κ2) is 1.95. The Hall–Kier alpha value is -0.850. The number of rotatable bonds is 0. The van der Waals surface area contributed by atoms with E-state index in [1.807, 2.05) is 19.2 Å². The van der Waals surface area contributed by atoms with Gasteiger partial charge in [0.1, 0.15) is 0 Å². The van der Waals surface area contributed by atoms with E-state index in [-0.39, 0.29) is 0 Å². The minimum absolute atomic E-state index is 1.21. The lowest BCUT2D eigenvalue weighted by molar-refractivity contribution is -0.387. The SMILES string of the molecule is Cc1cc[nH+]c(C)c1. The van der Waals surface area contributed by atoms with Crippen molar-refractivity contribution in [2.24, 2.45) is 0 Å². The van der Waals surface area contributed by atoms with E-state index in [9.17, 15) is 0 Å². The van der Waals surface area contributed by atoms with Gasteiger partial charge in [0, 0.05) is 19.1 Å². The number of aromatic amines is 1. The zero-order valence-electron chi connectivity index (χ0n) is 5.23. The van der Waals surface area contributed by atoms with Crippen molar-refractivity contribution < 1.29 is 4.98 Å². The van der Waals surface area contributed by atoms with Gasteiger partial charge < -0.3 is 0 Å². The molecule has 0 radical (unpaired) electrons. The minimum atomic E-state index is 1.21. The molecular weight excluding hydrogens is 98.1 g/mol. The van der Waals surface area contributed by atoms with Crippen LogP contribution in [0.5, 0.6) is 0 Å². The second-order valence-electron chi connectivity index (χ2n) is 2.05. The van der Waals surface area contributed by atoms with E-state index >= 15 is 0 Å². The van der Waals surface area contributed by atoms with Crippen LogP contribution in [-0.2, 0) is 0 Å². The Morgan fingerprint density at radius 2 is 2.12 bits per heavy atom. The van der Waals surface area contributed by atoms with Gasteiger partial charge in [-0.25, -0.2) is 4.98 Å². The maximum atomic E-state index is 3.07. The Kier molecular flexibility index (Phi) is 1.29. The number of hydrogen-bond acceptors (Lipinski definition) is 0. The van der Waals surface area contributed by atoms with Crippen molar-refractivity contribution in [1.29, 1.82) is 0 Å². The summed E-state index contributed by atoms with van der Waals surface area (Å²) in [4.78, 5) is 3.07. The monoisotopic (exact) mass is 108 g/mol. The first-order valence-corrected chi connectivity index (χ1v) is 2.74. The normalized spacial score (nSPS) is 9.25. The topological polar surface area (TPSA) is 14.1 Å². The Morgan fingerprint density at radius 3 is 2.50 bits per heavy atom. The van der Waals surface area contributed by atoms with Crippen molar-refractivity contribution in [1.82, 2.24) is 0 Å². The molecule has 0 saturated carbocycles. The van der Waals surface area contributed by atoms with E-state index < -0.39 is 0 Å². The molecule has 1 N–H and O–H groups in total. The molecule has 1 heterocycles. The summed E-state index contributed by atoms with van der Waals surface area (Å²) in [6, 6.07) is 4.16. The van der Waals surface area contributed by atoms with Crippen LogP contribution in [0, 0.1) is 13.8 Å². The molecule has 0 atom stereocenters. The molecular formula is C7H10N+. The Balaban J connectivity index is 3.08. The highest BCUT2D eigenvalue weighted by molar-refractivity contribution is 5.08. The molecule has 0 unspecified atom stereocenters. The van der Waals surface area contributed by atoms with Gasteiger partial charge in [0.15, 0.2) is 11.9 Å². The molecule has 0 amide bonds. The van der Waals surface area contributed by atoms with E-state index in [1.165, 1.54) is 11.3 Å². The number of hydrogen-bond donors (Lipinski definition) is 0. The molecule has 8 heavy (non-hydrogen) atoms. The molecule has 0 aromatic carbocycles. The molecule has 1 rings (SSSR count). The van der Waals surface area contributed by atoms with Crippen LogP contribution in [0.4, 0.5) is 0 Å². The van der Waals surface area contributed by atoms with Gasteiger partial charge in [-0.15, -0.1) is 0 Å². The van der Waals surface area contributed by atoms with Crippen molar-refractivity contribution in [3.05, 3.63) is 29.6 Å². The fourth-order valence-electron chi connectivity index (χ4n) is 0.736. The highest BCUT2D eigenvalue weighted by Gasteiger charge is 1.88. The third-order valence-electron chi connectivity index (χ3n) is 1.10. The van der Waals surface area contributed by atoms with Crippen LogP contribution in [-0.4, -0.2) is 0 Å². The summed E-state index contributed by atoms with van der Waals surface area (Å²) in [5.74, 6) is 0. The van der Waals surface area contributed by atoms with Crippen molar-refractivity contribution >= 4 is 0 Å². The zero-order valence-corrected chi connectivity index (χ0v) is 5.23. The minimum Gasteiger partial charge on any atom is -0.215 e. The number of nitrogens with one attached hydrogen (secondary N) is 1. The first-order chi connectivity index (χ1) is 3.79. The first-order valence-electron chi connectivity index (χ1n) is 2.74. The average Bonchev–Trinajstić information content (AvgIpc) is 1.64. The highest BCUT2D eigenvalue weighted by atomic mass is 14.6. The molecule has 1 heteroatoms. The Bertz CT molecular complexity index is 164. The Labute approximate surface area is 49.4 Å². The van der Waals surface area contributed by atoms with Gasteiger partial charge in [-0.2, -0.15) is 0 Å². The van der Waals surface area contributed by atoms with Gasteiger partial charge in [0.05, 0.1) is 0 Å². The third kappa shape index (κ3) is 1.06. The summed E-state index contributed by atoms with van der Waals surface area (Å²) in [5.41, 5.74) is 2.52. The molecule has 0 fully saturated rings. The first kappa shape index (κ1) is 5.29. The maximum Gasteiger partial charge on any atom is 0.176 e. The quantitative estimate of drug-likeness (QED) is 0.473. The molecule has 0 saturated heterocycles. The van der Waals surface area contributed by atoms with Gasteiger partial charge in [-0.1, -0.05) is 0 Å². The highest BCUT2D eigenvalue weighted by Crippen LogP contribution is 1.92. The summed E-state index contributed by atoms with van der Waals surface area (Å²) < 4.78 is 0. The van der Waals surface area contributed by atoms with E-state index in [0.717, 1.165) is 0 Å². The summed E-state index contributed by atoms with van der Waals surface area (Å²) in [6.07, 6.45) is 1.95. The Morgan fingerprint density at radius 1 is 1.38 bits per heavy atom. The second-order valence-corrected chi connectivity index (χ2v) is 2.05. The van der Waals surface area contributed by atoms with Gasteiger partial charge in [0.2, 0.25) is 0 Å².